The van der Waals surface area contributed by atoms with Crippen LogP contribution in [0.3, 0.4) is 0 Å². The van der Waals surface area contributed by atoms with Crippen LogP contribution in [0.1, 0.15) is 0 Å². The van der Waals surface area contributed by atoms with Crippen molar-refractivity contribution in [2.75, 3.05) is 6.61 Å². The molecule has 54 valence electrons. The van der Waals surface area contributed by atoms with Crippen molar-refractivity contribution >= 4 is 45.2 Å². The normalized spacial score (nSPS) is 11.7. The number of thiol groups is 3. The van der Waals surface area contributed by atoms with E-state index < -0.39 is 10.7 Å². The zero-order valence-corrected chi connectivity index (χ0v) is 7.11. The fourth-order valence-electron chi connectivity index (χ4n) is 0.186. The molecule has 9 heavy (non-hydrogen) atoms. The number of hydrogen-bond acceptors (Lipinski definition) is 6. The van der Waals surface area contributed by atoms with Gasteiger partial charge in [-0.05, 0) is 0 Å². The van der Waals surface area contributed by atoms with Gasteiger partial charge < -0.3 is 14.7 Å². The van der Waals surface area contributed by atoms with E-state index in [1.807, 2.05) is 0 Å². The van der Waals surface area contributed by atoms with Gasteiger partial charge in [0.05, 0.1) is 6.61 Å². The first-order valence-electron chi connectivity index (χ1n) is 2.07. The van der Waals surface area contributed by atoms with Crippen LogP contribution in [-0.4, -0.2) is 27.4 Å². The summed E-state index contributed by atoms with van der Waals surface area (Å²) in [5.41, 5.74) is 0. The Labute approximate surface area is 70.2 Å². The van der Waals surface area contributed by atoms with Gasteiger partial charge >= 0.3 is 7.32 Å². The van der Waals surface area contributed by atoms with Crippen molar-refractivity contribution in [3.63, 3.8) is 0 Å². The highest BCUT2D eigenvalue weighted by Gasteiger charge is 2.18. The Bertz CT molecular complexity index is 81.6. The van der Waals surface area contributed by atoms with Crippen molar-refractivity contribution in [3.8, 4) is 0 Å². The Morgan fingerprint density at radius 1 is 1.33 bits per heavy atom. The van der Waals surface area contributed by atoms with Crippen LogP contribution in [0.15, 0.2) is 0 Å². The average molecular weight is 186 g/mol. The van der Waals surface area contributed by atoms with Crippen LogP contribution < -0.4 is 0 Å². The number of hydrogen-bond donors (Lipinski definition) is 5. The summed E-state index contributed by atoms with van der Waals surface area (Å²) in [7, 11) is -1.78. The number of rotatable bonds is 3. The standard InChI is InChI=1S/C2H7BO3S3/c4-3(5)6-1-2(7,8)9/h4-5,7-9H,1H2. The Morgan fingerprint density at radius 2 is 1.78 bits per heavy atom. The predicted octanol–water partition coefficient (Wildman–Crippen LogP) is -0.584. The molecule has 0 unspecified atom stereocenters. The Kier molecular flexibility index (Phi) is 4.44. The highest BCUT2D eigenvalue weighted by molar-refractivity contribution is 8.17. The summed E-state index contributed by atoms with van der Waals surface area (Å²) in [6, 6.07) is 0. The summed E-state index contributed by atoms with van der Waals surface area (Å²) in [6.45, 7) is -0.0556. The van der Waals surface area contributed by atoms with Gasteiger partial charge in [0.15, 0.2) is 0 Å². The molecule has 0 aromatic carbocycles. The molecule has 2 N–H and O–H groups in total. The van der Waals surface area contributed by atoms with Crippen molar-refractivity contribution in [3.05, 3.63) is 0 Å². The largest absolute Gasteiger partial charge is 0.634 e. The molecule has 0 heterocycles. The van der Waals surface area contributed by atoms with E-state index in [-0.39, 0.29) is 6.61 Å². The Balaban J connectivity index is 3.28. The molecule has 7 heteroatoms. The van der Waals surface area contributed by atoms with E-state index in [1.54, 1.807) is 0 Å². The highest BCUT2D eigenvalue weighted by Crippen LogP contribution is 2.23. The fourth-order valence-corrected chi connectivity index (χ4v) is 0.410. The van der Waals surface area contributed by atoms with Crippen molar-refractivity contribution in [1.29, 1.82) is 0 Å². The first-order valence-corrected chi connectivity index (χ1v) is 3.41. The molecule has 3 nitrogen and oxygen atoms in total. The van der Waals surface area contributed by atoms with Crippen LogP contribution in [0, 0.1) is 0 Å². The minimum absolute atomic E-state index is 0.0556. The lowest BCUT2D eigenvalue weighted by Gasteiger charge is -2.14. The van der Waals surface area contributed by atoms with Gasteiger partial charge in [-0.3, -0.25) is 0 Å². The molecule has 0 radical (unpaired) electrons. The molecular weight excluding hydrogens is 179 g/mol. The van der Waals surface area contributed by atoms with Crippen molar-refractivity contribution in [2.45, 2.75) is 3.41 Å². The van der Waals surface area contributed by atoms with Crippen LogP contribution in [-0.2, 0) is 4.65 Å². The summed E-state index contributed by atoms with van der Waals surface area (Å²) in [5, 5.41) is 16.3. The van der Waals surface area contributed by atoms with E-state index >= 15 is 0 Å². The van der Waals surface area contributed by atoms with Gasteiger partial charge in [-0.25, -0.2) is 0 Å². The lowest BCUT2D eigenvalue weighted by atomic mass is 10.3. The molecule has 0 aromatic heterocycles. The lowest BCUT2D eigenvalue weighted by molar-refractivity contribution is 0.192. The van der Waals surface area contributed by atoms with Gasteiger partial charge in [0, 0.05) is 0 Å². The third kappa shape index (κ3) is 8.99. The second kappa shape index (κ2) is 4.00. The monoisotopic (exact) mass is 186 g/mol. The smallest absolute Gasteiger partial charge is 0.402 e. The van der Waals surface area contributed by atoms with E-state index in [4.69, 9.17) is 10.0 Å². The molecule has 0 spiro atoms. The second-order valence-electron chi connectivity index (χ2n) is 1.41. The molecule has 0 aliphatic heterocycles. The van der Waals surface area contributed by atoms with Gasteiger partial charge in [0.1, 0.15) is 3.41 Å². The van der Waals surface area contributed by atoms with E-state index in [9.17, 15) is 0 Å². The predicted molar refractivity (Wildman–Crippen MR) is 45.8 cm³/mol. The maximum atomic E-state index is 8.15. The van der Waals surface area contributed by atoms with Crippen LogP contribution in [0.4, 0.5) is 0 Å². The maximum Gasteiger partial charge on any atom is 0.634 e. The minimum Gasteiger partial charge on any atom is -0.402 e. The van der Waals surface area contributed by atoms with Gasteiger partial charge in [0.25, 0.3) is 0 Å². The third-order valence-electron chi connectivity index (χ3n) is 0.426. The minimum atomic E-state index is -1.78. The molecule has 0 bridgehead atoms. The molecule has 0 aliphatic carbocycles. The summed E-state index contributed by atoms with van der Waals surface area (Å²) in [5.74, 6) is 0. The Hall–Kier alpha value is 0.995. The van der Waals surface area contributed by atoms with E-state index in [0.717, 1.165) is 0 Å². The summed E-state index contributed by atoms with van der Waals surface area (Å²) in [6.07, 6.45) is 0. The van der Waals surface area contributed by atoms with Crippen LogP contribution >= 0.6 is 37.9 Å². The molecule has 0 saturated carbocycles. The topological polar surface area (TPSA) is 49.7 Å². The van der Waals surface area contributed by atoms with Crippen molar-refractivity contribution in [1.82, 2.24) is 0 Å². The molecule has 0 saturated heterocycles. The zero-order chi connectivity index (χ0) is 7.49. The molecule has 0 amide bonds. The second-order valence-corrected chi connectivity index (χ2v) is 4.76. The van der Waals surface area contributed by atoms with Gasteiger partial charge in [0.2, 0.25) is 0 Å². The van der Waals surface area contributed by atoms with Gasteiger partial charge in [-0.1, -0.05) is 0 Å². The van der Waals surface area contributed by atoms with Crippen LogP contribution in [0.25, 0.3) is 0 Å². The molecule has 0 fully saturated rings. The molecule has 0 rings (SSSR count). The molecule has 0 aromatic rings. The zero-order valence-electron chi connectivity index (χ0n) is 4.43. The quantitative estimate of drug-likeness (QED) is 0.233. The SMILES string of the molecule is OB(O)OCC(S)(S)S. The first-order chi connectivity index (χ1) is 3.92. The highest BCUT2D eigenvalue weighted by atomic mass is 32.2. The van der Waals surface area contributed by atoms with Crippen molar-refractivity contribution < 1.29 is 14.7 Å². The van der Waals surface area contributed by atoms with E-state index in [1.165, 1.54) is 0 Å². The third-order valence-corrected chi connectivity index (χ3v) is 0.813. The van der Waals surface area contributed by atoms with Crippen LogP contribution in [0.2, 0.25) is 0 Å². The van der Waals surface area contributed by atoms with Gasteiger partial charge in [-0.15, -0.1) is 37.9 Å². The fraction of sp³-hybridized carbons (Fsp3) is 1.00. The van der Waals surface area contributed by atoms with E-state index in [0.29, 0.717) is 0 Å². The van der Waals surface area contributed by atoms with Gasteiger partial charge in [-0.2, -0.15) is 0 Å². The molecule has 0 atom stereocenters. The Morgan fingerprint density at radius 3 is 1.89 bits per heavy atom. The van der Waals surface area contributed by atoms with Crippen LogP contribution in [0.5, 0.6) is 0 Å². The van der Waals surface area contributed by atoms with E-state index in [2.05, 4.69) is 42.5 Å². The summed E-state index contributed by atoms with van der Waals surface area (Å²) >= 11 is 11.4. The van der Waals surface area contributed by atoms with Crippen molar-refractivity contribution in [2.24, 2.45) is 0 Å². The maximum absolute atomic E-state index is 8.15. The average Bonchev–Trinajstić information content (AvgIpc) is 1.59. The first kappa shape index (κ1) is 9.99. The summed E-state index contributed by atoms with van der Waals surface area (Å²) < 4.78 is 3.36. The lowest BCUT2D eigenvalue weighted by Crippen LogP contribution is -2.24. The molecule has 0 aliphatic rings. The molecular formula is C2H7BO3S3. The summed E-state index contributed by atoms with van der Waals surface area (Å²) in [4.78, 5) is 0.